The van der Waals surface area contributed by atoms with Crippen molar-refractivity contribution < 1.29 is 14.3 Å². The molecule has 1 N–H and O–H groups in total. The summed E-state index contributed by atoms with van der Waals surface area (Å²) in [5, 5.41) is 0. The Labute approximate surface area is 175 Å². The first-order chi connectivity index (χ1) is 14.4. The number of H-pyrrole nitrogens is 1. The fraction of sp³-hybridized carbons (Fsp3) is 0.375. The molecule has 1 fully saturated rings. The first-order valence-electron chi connectivity index (χ1n) is 10.4. The number of nitrogens with zero attached hydrogens (tertiary/aromatic N) is 2. The molecular weight excluding hydrogens is 378 g/mol. The molecule has 154 valence electrons. The lowest BCUT2D eigenvalue weighted by Gasteiger charge is -2.54. The van der Waals surface area contributed by atoms with Gasteiger partial charge in [0.15, 0.2) is 0 Å². The Hall–Kier alpha value is -3.15. The summed E-state index contributed by atoms with van der Waals surface area (Å²) in [5.74, 6) is 0.0458. The van der Waals surface area contributed by atoms with E-state index in [0.717, 1.165) is 23.9 Å². The third kappa shape index (κ3) is 2.66. The lowest BCUT2D eigenvalue weighted by molar-refractivity contribution is 0.0250. The molecule has 2 heterocycles. The molecule has 30 heavy (non-hydrogen) atoms. The maximum absolute atomic E-state index is 13.4. The van der Waals surface area contributed by atoms with E-state index in [2.05, 4.69) is 23.8 Å². The lowest BCUT2D eigenvalue weighted by Crippen LogP contribution is -2.59. The fourth-order valence-corrected chi connectivity index (χ4v) is 5.35. The molecule has 1 aromatic heterocycles. The predicted molar refractivity (Wildman–Crippen MR) is 114 cm³/mol. The molecule has 1 aliphatic heterocycles. The third-order valence-corrected chi connectivity index (χ3v) is 7.36. The van der Waals surface area contributed by atoms with E-state index in [-0.39, 0.29) is 29.3 Å². The highest BCUT2D eigenvalue weighted by Crippen LogP contribution is 2.49. The molecule has 6 nitrogen and oxygen atoms in total. The first kappa shape index (κ1) is 18.9. The molecule has 2 bridgehead atoms. The summed E-state index contributed by atoms with van der Waals surface area (Å²) in [6, 6.07) is 11.6. The Morgan fingerprint density at radius 1 is 1.20 bits per heavy atom. The molecule has 3 atom stereocenters. The smallest absolute Gasteiger partial charge is 0.337 e. The molecule has 1 unspecified atom stereocenters. The van der Waals surface area contributed by atoms with Crippen LogP contribution in [-0.4, -0.2) is 46.4 Å². The maximum atomic E-state index is 13.4. The van der Waals surface area contributed by atoms with Crippen molar-refractivity contribution >= 4 is 22.9 Å². The number of methoxy groups -OCH3 is 1. The van der Waals surface area contributed by atoms with E-state index in [0.29, 0.717) is 17.7 Å². The average Bonchev–Trinajstić information content (AvgIpc) is 3.23. The number of benzene rings is 2. The molecule has 6 heteroatoms. The van der Waals surface area contributed by atoms with Crippen molar-refractivity contribution in [1.82, 2.24) is 14.9 Å². The summed E-state index contributed by atoms with van der Waals surface area (Å²) in [6.07, 6.45) is 3.31. The zero-order valence-electron chi connectivity index (χ0n) is 17.4. The van der Waals surface area contributed by atoms with E-state index in [1.807, 2.05) is 41.3 Å². The minimum absolute atomic E-state index is 0.0695. The highest BCUT2D eigenvalue weighted by atomic mass is 16.5. The number of aromatic nitrogens is 2. The van der Waals surface area contributed by atoms with Crippen LogP contribution in [0.25, 0.3) is 11.0 Å². The quantitative estimate of drug-likeness (QED) is 0.662. The van der Waals surface area contributed by atoms with Crippen molar-refractivity contribution in [2.75, 3.05) is 13.7 Å². The zero-order chi connectivity index (χ0) is 21.0. The van der Waals surface area contributed by atoms with Gasteiger partial charge in [-0.1, -0.05) is 19.9 Å². The van der Waals surface area contributed by atoms with Crippen molar-refractivity contribution in [3.8, 4) is 0 Å². The van der Waals surface area contributed by atoms with Crippen molar-refractivity contribution in [3.63, 3.8) is 0 Å². The summed E-state index contributed by atoms with van der Waals surface area (Å²) < 4.78 is 4.91. The first-order valence-corrected chi connectivity index (χ1v) is 10.4. The maximum Gasteiger partial charge on any atom is 0.337 e. The minimum Gasteiger partial charge on any atom is -0.465 e. The number of rotatable bonds is 2. The fourth-order valence-electron chi connectivity index (χ4n) is 5.35. The van der Waals surface area contributed by atoms with Crippen LogP contribution in [0.4, 0.5) is 0 Å². The van der Waals surface area contributed by atoms with Crippen LogP contribution in [0, 0.1) is 5.92 Å². The molecule has 0 radical (unpaired) electrons. The number of nitrogens with one attached hydrogen (secondary N) is 1. The van der Waals surface area contributed by atoms with Gasteiger partial charge in [-0.3, -0.25) is 4.79 Å². The van der Waals surface area contributed by atoms with Gasteiger partial charge in [-0.25, -0.2) is 9.78 Å². The Balaban J connectivity index is 1.50. The van der Waals surface area contributed by atoms with Crippen LogP contribution >= 0.6 is 0 Å². The molecule has 1 amide bonds. The van der Waals surface area contributed by atoms with Crippen LogP contribution in [0.5, 0.6) is 0 Å². The second-order valence-corrected chi connectivity index (χ2v) is 8.72. The van der Waals surface area contributed by atoms with Gasteiger partial charge in [0.05, 0.1) is 30.0 Å². The summed E-state index contributed by atoms with van der Waals surface area (Å²) >= 11 is 0. The molecule has 3 aromatic rings. The van der Waals surface area contributed by atoms with Crippen molar-refractivity contribution in [3.05, 3.63) is 65.0 Å². The topological polar surface area (TPSA) is 75.3 Å². The van der Waals surface area contributed by atoms with E-state index < -0.39 is 0 Å². The Kier molecular flexibility index (Phi) is 4.20. The summed E-state index contributed by atoms with van der Waals surface area (Å²) in [7, 11) is 1.41. The average molecular weight is 403 g/mol. The number of piperidine rings is 1. The van der Waals surface area contributed by atoms with Gasteiger partial charge in [-0.05, 0) is 65.6 Å². The molecule has 1 aliphatic carbocycles. The third-order valence-electron chi connectivity index (χ3n) is 7.36. The van der Waals surface area contributed by atoms with Gasteiger partial charge in [0, 0.05) is 18.2 Å². The Morgan fingerprint density at radius 3 is 2.80 bits per heavy atom. The number of hydrogen-bond acceptors (Lipinski definition) is 4. The van der Waals surface area contributed by atoms with Crippen LogP contribution in [0.1, 0.15) is 52.1 Å². The van der Waals surface area contributed by atoms with Crippen LogP contribution in [0.3, 0.4) is 0 Å². The number of esters is 1. The number of ether oxygens (including phenoxy) is 1. The van der Waals surface area contributed by atoms with Gasteiger partial charge in [-0.15, -0.1) is 0 Å². The van der Waals surface area contributed by atoms with E-state index in [4.69, 9.17) is 4.74 Å². The van der Waals surface area contributed by atoms with Gasteiger partial charge in [0.2, 0.25) is 0 Å². The monoisotopic (exact) mass is 403 g/mol. The molecule has 0 saturated carbocycles. The number of imidazole rings is 1. The van der Waals surface area contributed by atoms with Crippen LogP contribution in [0.15, 0.2) is 42.7 Å². The number of aromatic amines is 1. The van der Waals surface area contributed by atoms with Gasteiger partial charge >= 0.3 is 5.97 Å². The van der Waals surface area contributed by atoms with E-state index in [9.17, 15) is 9.59 Å². The standard InChI is InChI=1S/C24H25N3O3/c1-14-21-12-15-4-5-17(23(29)30-3)10-18(15)24(14,2)8-9-27(21)22(28)16-6-7-19-20(11-16)26-13-25-19/h4-7,10-11,13-14,21H,8-9,12H2,1-3H3,(H,25,26)/t14-,21?,24-/m1/s1. The second-order valence-electron chi connectivity index (χ2n) is 8.72. The summed E-state index contributed by atoms with van der Waals surface area (Å²) in [5.41, 5.74) is 5.38. The zero-order valence-corrected chi connectivity index (χ0v) is 17.4. The number of hydrogen-bond donors (Lipinski definition) is 1. The van der Waals surface area contributed by atoms with E-state index >= 15 is 0 Å². The summed E-state index contributed by atoms with van der Waals surface area (Å²) in [6.45, 7) is 5.20. The SMILES string of the molecule is COC(=O)c1ccc2c(c1)[C@]1(C)CCN(C(=O)c3ccc4nc[nH]c4c3)C(C2)[C@H]1C. The van der Waals surface area contributed by atoms with Gasteiger partial charge in [-0.2, -0.15) is 0 Å². The molecule has 2 aromatic carbocycles. The second kappa shape index (κ2) is 6.69. The lowest BCUT2D eigenvalue weighted by atomic mass is 9.58. The number of likely N-dealkylation sites (tertiary alicyclic amines) is 1. The molecule has 2 aliphatic rings. The van der Waals surface area contributed by atoms with Gasteiger partial charge in [0.25, 0.3) is 5.91 Å². The normalized spacial score (nSPS) is 25.1. The Morgan fingerprint density at radius 2 is 2.00 bits per heavy atom. The largest absolute Gasteiger partial charge is 0.465 e. The summed E-state index contributed by atoms with van der Waals surface area (Å²) in [4.78, 5) is 34.9. The number of fused-ring (bicyclic) bond motifs is 5. The highest BCUT2D eigenvalue weighted by Gasteiger charge is 2.49. The highest BCUT2D eigenvalue weighted by molar-refractivity contribution is 5.97. The van der Waals surface area contributed by atoms with E-state index in [1.165, 1.54) is 18.2 Å². The van der Waals surface area contributed by atoms with Crippen LogP contribution in [0.2, 0.25) is 0 Å². The van der Waals surface area contributed by atoms with Crippen molar-refractivity contribution in [2.24, 2.45) is 5.92 Å². The van der Waals surface area contributed by atoms with Gasteiger partial charge in [0.1, 0.15) is 0 Å². The molecule has 0 spiro atoms. The van der Waals surface area contributed by atoms with E-state index in [1.54, 1.807) is 6.33 Å². The molecule has 5 rings (SSSR count). The van der Waals surface area contributed by atoms with Crippen LogP contribution in [-0.2, 0) is 16.6 Å². The number of carbonyl (C=O) groups excluding carboxylic acids is 2. The molecular formula is C24H25N3O3. The molecule has 1 saturated heterocycles. The van der Waals surface area contributed by atoms with Gasteiger partial charge < -0.3 is 14.6 Å². The number of carbonyl (C=O) groups is 2. The van der Waals surface area contributed by atoms with Crippen molar-refractivity contribution in [1.29, 1.82) is 0 Å². The Bertz CT molecular complexity index is 1170. The minimum atomic E-state index is -0.307. The number of amides is 1. The van der Waals surface area contributed by atoms with Crippen molar-refractivity contribution in [2.45, 2.75) is 38.1 Å². The predicted octanol–water partition coefficient (Wildman–Crippen LogP) is 3.71. The van der Waals surface area contributed by atoms with Crippen LogP contribution < -0.4 is 0 Å².